The third kappa shape index (κ3) is 4.42. The van der Waals surface area contributed by atoms with Crippen LogP contribution in [0.1, 0.15) is 29.3 Å². The van der Waals surface area contributed by atoms with Crippen molar-refractivity contribution in [2.45, 2.75) is 20.3 Å². The second kappa shape index (κ2) is 8.44. The van der Waals surface area contributed by atoms with Gasteiger partial charge in [-0.3, -0.25) is 9.59 Å². The molecule has 2 aromatic rings. The zero-order valence-corrected chi connectivity index (χ0v) is 16.4. The van der Waals surface area contributed by atoms with Crippen LogP contribution < -0.4 is 10.2 Å². The molecular weight excluding hydrogens is 362 g/mol. The Morgan fingerprint density at radius 3 is 2.44 bits per heavy atom. The summed E-state index contributed by atoms with van der Waals surface area (Å²) in [7, 11) is 0. The molecule has 1 saturated heterocycles. The average Bonchev–Trinajstić information content (AvgIpc) is 2.68. The molecule has 1 heterocycles. The van der Waals surface area contributed by atoms with Crippen molar-refractivity contribution in [1.29, 1.82) is 0 Å². The van der Waals surface area contributed by atoms with Crippen molar-refractivity contribution >= 4 is 34.8 Å². The zero-order chi connectivity index (χ0) is 19.4. The Bertz CT molecular complexity index is 845. The number of carbonyl (C=O) groups is 2. The molecule has 0 atom stereocenters. The van der Waals surface area contributed by atoms with Crippen LogP contribution in [-0.4, -0.2) is 42.9 Å². The van der Waals surface area contributed by atoms with E-state index in [0.717, 1.165) is 24.3 Å². The molecule has 2 amide bonds. The van der Waals surface area contributed by atoms with Gasteiger partial charge in [0.05, 0.1) is 11.4 Å². The normalized spacial score (nSPS) is 14.2. The number of nitrogens with one attached hydrogen (secondary N) is 1. The summed E-state index contributed by atoms with van der Waals surface area (Å²) in [4.78, 5) is 28.7. The van der Waals surface area contributed by atoms with E-state index in [0.29, 0.717) is 35.8 Å². The fourth-order valence-electron chi connectivity index (χ4n) is 3.32. The van der Waals surface area contributed by atoms with Gasteiger partial charge >= 0.3 is 0 Å². The Hall–Kier alpha value is -2.53. The van der Waals surface area contributed by atoms with Crippen molar-refractivity contribution in [3.05, 3.63) is 58.6 Å². The lowest BCUT2D eigenvalue weighted by molar-refractivity contribution is -0.131. The van der Waals surface area contributed by atoms with Crippen LogP contribution in [0, 0.1) is 6.92 Å². The van der Waals surface area contributed by atoms with Gasteiger partial charge in [-0.25, -0.2) is 0 Å². The Labute approximate surface area is 164 Å². The monoisotopic (exact) mass is 385 g/mol. The van der Waals surface area contributed by atoms with Gasteiger partial charge in [0.25, 0.3) is 5.91 Å². The number of anilines is 2. The number of rotatable bonds is 4. The topological polar surface area (TPSA) is 52.7 Å². The number of amides is 2. The summed E-state index contributed by atoms with van der Waals surface area (Å²) < 4.78 is 0. The predicted octanol–water partition coefficient (Wildman–Crippen LogP) is 3.96. The van der Waals surface area contributed by atoms with Crippen molar-refractivity contribution in [1.82, 2.24) is 4.90 Å². The highest BCUT2D eigenvalue weighted by atomic mass is 35.5. The lowest BCUT2D eigenvalue weighted by atomic mass is 10.1. The van der Waals surface area contributed by atoms with E-state index < -0.39 is 0 Å². The molecule has 0 radical (unpaired) electrons. The van der Waals surface area contributed by atoms with E-state index in [4.69, 9.17) is 11.6 Å². The van der Waals surface area contributed by atoms with Crippen LogP contribution in [0.3, 0.4) is 0 Å². The second-order valence-corrected chi connectivity index (χ2v) is 7.09. The first-order valence-electron chi connectivity index (χ1n) is 9.19. The lowest BCUT2D eigenvalue weighted by Gasteiger charge is -2.37. The smallest absolute Gasteiger partial charge is 0.255 e. The van der Waals surface area contributed by atoms with Crippen molar-refractivity contribution in [3.63, 3.8) is 0 Å². The molecule has 1 fully saturated rings. The van der Waals surface area contributed by atoms with Crippen LogP contribution in [-0.2, 0) is 4.79 Å². The Balaban J connectivity index is 1.79. The van der Waals surface area contributed by atoms with Crippen molar-refractivity contribution < 1.29 is 9.59 Å². The summed E-state index contributed by atoms with van der Waals surface area (Å²) in [5, 5.41) is 3.57. The number of hydrogen-bond donors (Lipinski definition) is 1. The maximum Gasteiger partial charge on any atom is 0.255 e. The van der Waals surface area contributed by atoms with Gasteiger partial charge in [-0.05, 0) is 36.8 Å². The Kier molecular flexibility index (Phi) is 6.01. The van der Waals surface area contributed by atoms with Gasteiger partial charge in [-0.1, -0.05) is 36.7 Å². The standard InChI is InChI=1S/C21H24ClN3O2/c1-3-20(26)25-12-10-24(11-13-25)19-9-8-16(22)14-18(19)23-21(27)17-7-5-4-6-15(17)2/h4-9,14H,3,10-13H2,1-2H3,(H,23,27). The van der Waals surface area contributed by atoms with Gasteiger partial charge < -0.3 is 15.1 Å². The molecule has 0 unspecified atom stereocenters. The maximum absolute atomic E-state index is 12.7. The molecule has 0 aromatic heterocycles. The fraction of sp³-hybridized carbons (Fsp3) is 0.333. The minimum atomic E-state index is -0.156. The second-order valence-electron chi connectivity index (χ2n) is 6.65. The van der Waals surface area contributed by atoms with E-state index in [1.165, 1.54) is 0 Å². The summed E-state index contributed by atoms with van der Waals surface area (Å²) in [6, 6.07) is 13.0. The van der Waals surface area contributed by atoms with E-state index in [2.05, 4.69) is 10.2 Å². The molecule has 27 heavy (non-hydrogen) atoms. The lowest BCUT2D eigenvalue weighted by Crippen LogP contribution is -2.48. The highest BCUT2D eigenvalue weighted by molar-refractivity contribution is 6.31. The molecule has 0 saturated carbocycles. The van der Waals surface area contributed by atoms with Crippen molar-refractivity contribution in [2.24, 2.45) is 0 Å². The molecule has 0 aliphatic carbocycles. The van der Waals surface area contributed by atoms with Crippen LogP contribution >= 0.6 is 11.6 Å². The van der Waals surface area contributed by atoms with Crippen LogP contribution in [0.5, 0.6) is 0 Å². The molecule has 142 valence electrons. The van der Waals surface area contributed by atoms with Crippen LogP contribution in [0.15, 0.2) is 42.5 Å². The third-order valence-corrected chi connectivity index (χ3v) is 5.11. The van der Waals surface area contributed by atoms with Crippen molar-refractivity contribution in [3.8, 4) is 0 Å². The number of halogens is 1. The van der Waals surface area contributed by atoms with Gasteiger partial charge in [0.15, 0.2) is 0 Å². The van der Waals surface area contributed by atoms with Crippen molar-refractivity contribution in [2.75, 3.05) is 36.4 Å². The number of carbonyl (C=O) groups excluding carboxylic acids is 2. The van der Waals surface area contributed by atoms with E-state index in [9.17, 15) is 9.59 Å². The highest BCUT2D eigenvalue weighted by Gasteiger charge is 2.22. The first-order chi connectivity index (χ1) is 13.0. The van der Waals surface area contributed by atoms with Crippen LogP contribution in [0.4, 0.5) is 11.4 Å². The molecule has 1 N–H and O–H groups in total. The van der Waals surface area contributed by atoms with Crippen LogP contribution in [0.25, 0.3) is 0 Å². The Morgan fingerprint density at radius 1 is 1.07 bits per heavy atom. The Morgan fingerprint density at radius 2 is 1.78 bits per heavy atom. The summed E-state index contributed by atoms with van der Waals surface area (Å²) in [5.41, 5.74) is 3.17. The first-order valence-corrected chi connectivity index (χ1v) is 9.56. The molecule has 0 spiro atoms. The molecule has 1 aliphatic rings. The molecule has 3 rings (SSSR count). The van der Waals surface area contributed by atoms with E-state index in [1.54, 1.807) is 6.07 Å². The molecule has 6 heteroatoms. The summed E-state index contributed by atoms with van der Waals surface area (Å²) >= 11 is 6.18. The number of benzene rings is 2. The first kappa shape index (κ1) is 19.2. The van der Waals surface area contributed by atoms with E-state index >= 15 is 0 Å². The van der Waals surface area contributed by atoms with Gasteiger partial charge in [0.2, 0.25) is 5.91 Å². The minimum absolute atomic E-state index is 0.156. The zero-order valence-electron chi connectivity index (χ0n) is 15.7. The number of piperazine rings is 1. The van der Waals surface area contributed by atoms with Gasteiger partial charge in [0.1, 0.15) is 0 Å². The molecule has 0 bridgehead atoms. The number of hydrogen-bond acceptors (Lipinski definition) is 3. The van der Waals surface area contributed by atoms with Gasteiger partial charge in [-0.2, -0.15) is 0 Å². The molecule has 5 nitrogen and oxygen atoms in total. The van der Waals surface area contributed by atoms with E-state index in [-0.39, 0.29) is 11.8 Å². The number of aryl methyl sites for hydroxylation is 1. The quantitative estimate of drug-likeness (QED) is 0.866. The summed E-state index contributed by atoms with van der Waals surface area (Å²) in [6.45, 7) is 6.60. The average molecular weight is 386 g/mol. The van der Waals surface area contributed by atoms with Gasteiger partial charge in [0, 0.05) is 43.2 Å². The molecule has 2 aromatic carbocycles. The SMILES string of the molecule is CCC(=O)N1CCN(c2ccc(Cl)cc2NC(=O)c2ccccc2C)CC1. The highest BCUT2D eigenvalue weighted by Crippen LogP contribution is 2.30. The third-order valence-electron chi connectivity index (χ3n) is 4.87. The van der Waals surface area contributed by atoms with E-state index in [1.807, 2.05) is 55.1 Å². The minimum Gasteiger partial charge on any atom is -0.366 e. The molecular formula is C21H24ClN3O2. The predicted molar refractivity (Wildman–Crippen MR) is 110 cm³/mol. The molecule has 1 aliphatic heterocycles. The number of nitrogens with zero attached hydrogens (tertiary/aromatic N) is 2. The summed E-state index contributed by atoms with van der Waals surface area (Å²) in [6.07, 6.45) is 0.526. The maximum atomic E-state index is 12.7. The van der Waals surface area contributed by atoms with Gasteiger partial charge in [-0.15, -0.1) is 0 Å². The summed E-state index contributed by atoms with van der Waals surface area (Å²) in [5.74, 6) is 0.0234. The van der Waals surface area contributed by atoms with Crippen LogP contribution in [0.2, 0.25) is 5.02 Å². The fourth-order valence-corrected chi connectivity index (χ4v) is 3.49. The largest absolute Gasteiger partial charge is 0.366 e.